The van der Waals surface area contributed by atoms with Crippen LogP contribution >= 0.6 is 0 Å². The van der Waals surface area contributed by atoms with Gasteiger partial charge in [-0.1, -0.05) is 0 Å². The van der Waals surface area contributed by atoms with Gasteiger partial charge in [-0.25, -0.2) is 0 Å². The molecule has 1 aliphatic carbocycles. The Morgan fingerprint density at radius 1 is 1.40 bits per heavy atom. The average molecular weight is 195 g/mol. The standard InChI is InChI=1S/C10H5N5/c11-4-6-1-7-2-9-10(14-15-13-9)3-8(7)12-5-6/h1-2,5H,3H2. The van der Waals surface area contributed by atoms with Crippen LogP contribution in [0, 0.1) is 11.3 Å². The number of allylic oxidation sites excluding steroid dienone is 1. The summed E-state index contributed by atoms with van der Waals surface area (Å²) in [6.07, 6.45) is 4.07. The quantitative estimate of drug-likeness (QED) is 0.631. The fourth-order valence-corrected chi connectivity index (χ4v) is 1.62. The first-order chi connectivity index (χ1) is 7.36. The molecule has 1 aromatic rings. The van der Waals surface area contributed by atoms with Crippen LogP contribution in [0.1, 0.15) is 16.8 Å². The maximum Gasteiger partial charge on any atom is 0.112 e. The second-order valence-electron chi connectivity index (χ2n) is 3.31. The van der Waals surface area contributed by atoms with Gasteiger partial charge < -0.3 is 0 Å². The highest BCUT2D eigenvalue weighted by Gasteiger charge is 2.20. The number of nitriles is 1. The monoisotopic (exact) mass is 195 g/mol. The second kappa shape index (κ2) is 2.82. The van der Waals surface area contributed by atoms with E-state index < -0.39 is 0 Å². The van der Waals surface area contributed by atoms with Crippen molar-refractivity contribution < 1.29 is 0 Å². The van der Waals surface area contributed by atoms with Crippen LogP contribution in [0.25, 0.3) is 6.08 Å². The Bertz CT molecular complexity index is 574. The molecule has 3 rings (SSSR count). The molecule has 5 nitrogen and oxygen atoms in total. The average Bonchev–Trinajstić information content (AvgIpc) is 2.72. The third-order valence-electron chi connectivity index (χ3n) is 2.37. The van der Waals surface area contributed by atoms with E-state index in [1.165, 1.54) is 0 Å². The molecule has 0 fully saturated rings. The molecule has 5 heteroatoms. The summed E-state index contributed by atoms with van der Waals surface area (Å²) >= 11 is 0. The van der Waals surface area contributed by atoms with Gasteiger partial charge in [0.25, 0.3) is 0 Å². The number of nitrogens with zero attached hydrogens (tertiary/aromatic N) is 5. The molecule has 0 saturated carbocycles. The highest BCUT2D eigenvalue weighted by Crippen LogP contribution is 2.25. The summed E-state index contributed by atoms with van der Waals surface area (Å²) in [6, 6.07) is 3.87. The molecule has 0 N–H and O–H groups in total. The Hall–Kier alpha value is -2.35. The number of fused-ring (bicyclic) bond motifs is 2. The SMILES string of the molecule is N#Cc1cnc2c(c1)C=C1N=NN=C1C2. The molecular weight excluding hydrogens is 190 g/mol. The molecule has 0 unspecified atom stereocenters. The molecule has 1 aliphatic heterocycles. The first kappa shape index (κ1) is 8.00. The Labute approximate surface area is 85.5 Å². The molecule has 15 heavy (non-hydrogen) atoms. The van der Waals surface area contributed by atoms with Gasteiger partial charge in [-0.3, -0.25) is 4.98 Å². The molecule has 0 bridgehead atoms. The van der Waals surface area contributed by atoms with E-state index in [1.54, 1.807) is 12.3 Å². The summed E-state index contributed by atoms with van der Waals surface area (Å²) in [6.45, 7) is 0. The zero-order chi connectivity index (χ0) is 10.3. The van der Waals surface area contributed by atoms with Crippen molar-refractivity contribution in [2.24, 2.45) is 15.4 Å². The molecule has 2 heterocycles. The first-order valence-corrected chi connectivity index (χ1v) is 4.45. The van der Waals surface area contributed by atoms with Crippen molar-refractivity contribution in [3.05, 3.63) is 34.8 Å². The number of aromatic nitrogens is 1. The van der Waals surface area contributed by atoms with Gasteiger partial charge in [-0.2, -0.15) is 5.26 Å². The van der Waals surface area contributed by atoms with E-state index in [0.29, 0.717) is 12.0 Å². The van der Waals surface area contributed by atoms with Gasteiger partial charge in [0.05, 0.1) is 17.0 Å². The first-order valence-electron chi connectivity index (χ1n) is 4.45. The van der Waals surface area contributed by atoms with E-state index in [4.69, 9.17) is 5.26 Å². The Morgan fingerprint density at radius 3 is 3.20 bits per heavy atom. The molecule has 0 radical (unpaired) electrons. The van der Waals surface area contributed by atoms with Crippen molar-refractivity contribution in [1.29, 1.82) is 5.26 Å². The van der Waals surface area contributed by atoms with Gasteiger partial charge in [0.2, 0.25) is 0 Å². The summed E-state index contributed by atoms with van der Waals surface area (Å²) in [5.41, 5.74) is 4.03. The van der Waals surface area contributed by atoms with E-state index in [0.717, 1.165) is 22.7 Å². The molecule has 0 amide bonds. The summed E-state index contributed by atoms with van der Waals surface area (Å²) < 4.78 is 0. The summed E-state index contributed by atoms with van der Waals surface area (Å²) in [5, 5.41) is 20.1. The Balaban J connectivity index is 2.18. The second-order valence-corrected chi connectivity index (χ2v) is 3.31. The molecule has 0 aromatic carbocycles. The normalized spacial score (nSPS) is 16.2. The van der Waals surface area contributed by atoms with Crippen LogP contribution in [-0.4, -0.2) is 10.7 Å². The Morgan fingerprint density at radius 2 is 2.33 bits per heavy atom. The van der Waals surface area contributed by atoms with Gasteiger partial charge >= 0.3 is 0 Å². The van der Waals surface area contributed by atoms with Crippen molar-refractivity contribution in [1.82, 2.24) is 4.98 Å². The topological polar surface area (TPSA) is 73.8 Å². The van der Waals surface area contributed by atoms with E-state index in [9.17, 15) is 0 Å². The van der Waals surface area contributed by atoms with Gasteiger partial charge in [-0.15, -0.1) is 10.2 Å². The molecule has 1 aromatic heterocycles. The minimum absolute atomic E-state index is 0.556. The van der Waals surface area contributed by atoms with Crippen molar-refractivity contribution in [3.8, 4) is 6.07 Å². The summed E-state index contributed by atoms with van der Waals surface area (Å²) in [7, 11) is 0. The lowest BCUT2D eigenvalue weighted by Crippen LogP contribution is -2.11. The molecule has 70 valence electrons. The van der Waals surface area contributed by atoms with Crippen LogP contribution in [0.3, 0.4) is 0 Å². The van der Waals surface area contributed by atoms with Crippen molar-refractivity contribution in [2.45, 2.75) is 6.42 Å². The van der Waals surface area contributed by atoms with E-state index >= 15 is 0 Å². The molecule has 0 spiro atoms. The van der Waals surface area contributed by atoms with E-state index in [2.05, 4.69) is 26.5 Å². The lowest BCUT2D eigenvalue weighted by Gasteiger charge is -2.10. The van der Waals surface area contributed by atoms with Crippen molar-refractivity contribution >= 4 is 11.8 Å². The smallest absolute Gasteiger partial charge is 0.112 e. The zero-order valence-electron chi connectivity index (χ0n) is 7.68. The minimum atomic E-state index is 0.556. The lowest BCUT2D eigenvalue weighted by atomic mass is 9.98. The molecule has 0 atom stereocenters. The number of hydrogen-bond donors (Lipinski definition) is 0. The summed E-state index contributed by atoms with van der Waals surface area (Å²) in [5.74, 6) is 0. The number of hydrogen-bond acceptors (Lipinski definition) is 5. The predicted octanol–water partition coefficient (Wildman–Crippen LogP) is 1.67. The van der Waals surface area contributed by atoms with E-state index in [-0.39, 0.29) is 0 Å². The van der Waals surface area contributed by atoms with Gasteiger partial charge in [0.1, 0.15) is 11.8 Å². The molecule has 0 saturated heterocycles. The fraction of sp³-hybridized carbons (Fsp3) is 0.100. The highest BCUT2D eigenvalue weighted by molar-refractivity contribution is 6.07. The van der Waals surface area contributed by atoms with Crippen molar-refractivity contribution in [3.63, 3.8) is 0 Å². The van der Waals surface area contributed by atoms with Crippen LogP contribution in [0.2, 0.25) is 0 Å². The fourth-order valence-electron chi connectivity index (χ4n) is 1.62. The molecular formula is C10H5N5. The summed E-state index contributed by atoms with van der Waals surface area (Å²) in [4.78, 5) is 4.22. The lowest BCUT2D eigenvalue weighted by molar-refractivity contribution is 1.09. The third kappa shape index (κ3) is 1.15. The van der Waals surface area contributed by atoms with Crippen LogP contribution in [0.5, 0.6) is 0 Å². The van der Waals surface area contributed by atoms with Crippen LogP contribution < -0.4 is 0 Å². The zero-order valence-corrected chi connectivity index (χ0v) is 7.68. The molecule has 2 aliphatic rings. The van der Waals surface area contributed by atoms with Gasteiger partial charge in [-0.05, 0) is 22.9 Å². The number of pyridine rings is 1. The highest BCUT2D eigenvalue weighted by atomic mass is 15.4. The largest absolute Gasteiger partial charge is 0.259 e. The number of rotatable bonds is 0. The van der Waals surface area contributed by atoms with E-state index in [1.807, 2.05) is 6.08 Å². The van der Waals surface area contributed by atoms with Gasteiger partial charge in [0.15, 0.2) is 0 Å². The van der Waals surface area contributed by atoms with Crippen LogP contribution in [-0.2, 0) is 6.42 Å². The third-order valence-corrected chi connectivity index (χ3v) is 2.37. The minimum Gasteiger partial charge on any atom is -0.259 e. The Kier molecular flexibility index (Phi) is 1.50. The maximum atomic E-state index is 8.75. The van der Waals surface area contributed by atoms with Crippen LogP contribution in [0.4, 0.5) is 0 Å². The maximum absolute atomic E-state index is 8.75. The van der Waals surface area contributed by atoms with Crippen LogP contribution in [0.15, 0.2) is 33.4 Å². The van der Waals surface area contributed by atoms with Crippen molar-refractivity contribution in [2.75, 3.05) is 0 Å². The predicted molar refractivity (Wildman–Crippen MR) is 52.9 cm³/mol. The van der Waals surface area contributed by atoms with Gasteiger partial charge in [0, 0.05) is 12.6 Å².